The van der Waals surface area contributed by atoms with Crippen LogP contribution in [0, 0.1) is 23.7 Å². The molecule has 2 saturated heterocycles. The number of carbonyl (C=O) groups excluding carboxylic acids is 3. The lowest BCUT2D eigenvalue weighted by atomic mass is 9.87. The third-order valence-electron chi connectivity index (χ3n) is 11.1. The Morgan fingerprint density at radius 3 is 2.32 bits per heavy atom. The van der Waals surface area contributed by atoms with Gasteiger partial charge in [0.1, 0.15) is 11.7 Å². The fourth-order valence-electron chi connectivity index (χ4n) is 7.64. The summed E-state index contributed by atoms with van der Waals surface area (Å²) in [4.78, 5) is 45.0. The maximum atomic E-state index is 13.5. The average Bonchev–Trinajstić information content (AvgIpc) is 3.34. The first-order chi connectivity index (χ1) is 23.8. The second-order valence-corrected chi connectivity index (χ2v) is 16.0. The molecule has 10 nitrogen and oxygen atoms in total. The van der Waals surface area contributed by atoms with E-state index < -0.39 is 23.9 Å². The van der Waals surface area contributed by atoms with Gasteiger partial charge in [0.05, 0.1) is 6.61 Å². The number of hydrogen-bond acceptors (Lipinski definition) is 8. The summed E-state index contributed by atoms with van der Waals surface area (Å²) in [6.07, 6.45) is 17.4. The maximum absolute atomic E-state index is 13.5. The number of allylic oxidation sites excluding steroid dienone is 2. The van der Waals surface area contributed by atoms with Crippen LogP contribution >= 0.6 is 0 Å². The number of cyclic esters (lactones) is 1. The highest BCUT2D eigenvalue weighted by molar-refractivity contribution is 5.70. The van der Waals surface area contributed by atoms with Crippen LogP contribution in [0.25, 0.3) is 0 Å². The van der Waals surface area contributed by atoms with Crippen molar-refractivity contribution in [2.45, 2.75) is 130 Å². The van der Waals surface area contributed by atoms with Crippen LogP contribution in [0.4, 0.5) is 9.59 Å². The smallest absolute Gasteiger partial charge is 0.410 e. The number of carbonyl (C=O) groups is 3. The summed E-state index contributed by atoms with van der Waals surface area (Å²) in [6, 6.07) is 0.612. The number of hydrogen-bond donors (Lipinski definition) is 1. The van der Waals surface area contributed by atoms with Crippen molar-refractivity contribution in [1.29, 1.82) is 0 Å². The molecule has 4 aliphatic rings. The van der Waals surface area contributed by atoms with Crippen molar-refractivity contribution in [2.75, 3.05) is 45.9 Å². The Kier molecular flexibility index (Phi) is 15.3. The van der Waals surface area contributed by atoms with Gasteiger partial charge in [-0.1, -0.05) is 77.7 Å². The van der Waals surface area contributed by atoms with Crippen molar-refractivity contribution in [3.05, 3.63) is 36.0 Å². The number of piperazine rings is 1. The van der Waals surface area contributed by atoms with Crippen LogP contribution < -0.4 is 0 Å². The summed E-state index contributed by atoms with van der Waals surface area (Å²) in [6.45, 7) is 16.5. The minimum Gasteiger partial charge on any atom is -0.457 e. The fraction of sp³-hybridized carbons (Fsp3) is 0.775. The molecule has 3 aliphatic heterocycles. The highest BCUT2D eigenvalue weighted by atomic mass is 16.6. The van der Waals surface area contributed by atoms with Crippen molar-refractivity contribution in [3.63, 3.8) is 0 Å². The highest BCUT2D eigenvalue weighted by Crippen LogP contribution is 2.29. The van der Waals surface area contributed by atoms with Crippen LogP contribution in [-0.4, -0.2) is 108 Å². The van der Waals surface area contributed by atoms with Gasteiger partial charge in [-0.05, 0) is 69.4 Å². The van der Waals surface area contributed by atoms with Gasteiger partial charge in [0, 0.05) is 63.6 Å². The van der Waals surface area contributed by atoms with Crippen LogP contribution in [-0.2, 0) is 19.0 Å². The van der Waals surface area contributed by atoms with Crippen molar-refractivity contribution in [2.24, 2.45) is 23.7 Å². The lowest BCUT2D eigenvalue weighted by Crippen LogP contribution is -2.53. The molecule has 0 radical (unpaired) electrons. The molecule has 0 spiro atoms. The van der Waals surface area contributed by atoms with Gasteiger partial charge in [0.15, 0.2) is 6.10 Å². The Morgan fingerprint density at radius 1 is 0.960 bits per heavy atom. The Hall–Kier alpha value is -2.85. The first kappa shape index (κ1) is 39.9. The number of amides is 2. The standard InChI is InChI=1S/C40H65N3O7/c1-29-18-20-40(6,47)35(49-39(46)42-24-22-41(23-25-42)34-14-9-7-8-10-15-34)17-16-33(5)37(50-36(44)26-29)32(4)13-11-12-31(3)28-48-38(45)43-21-19-30(2)27-43/h11-13,16-17,29-31,33-35,37,47H,7-10,14-15,18-28H2,1-6H3/b12-11+,17-16+,32-13+/t29-,30-,31-,33+,35+,37-,40-/m1/s1. The summed E-state index contributed by atoms with van der Waals surface area (Å²) >= 11 is 0. The monoisotopic (exact) mass is 699 g/mol. The minimum absolute atomic E-state index is 0.0116. The third kappa shape index (κ3) is 12.1. The molecule has 0 aromatic rings. The van der Waals surface area contributed by atoms with Crippen molar-refractivity contribution >= 4 is 18.2 Å². The topological polar surface area (TPSA) is 109 Å². The molecule has 0 bridgehead atoms. The Bertz CT molecular complexity index is 1200. The quantitative estimate of drug-likeness (QED) is 0.0984. The molecule has 3 fully saturated rings. The van der Waals surface area contributed by atoms with Crippen LogP contribution in [0.2, 0.25) is 0 Å². The van der Waals surface area contributed by atoms with E-state index in [1.54, 1.807) is 22.8 Å². The number of aliphatic hydroxyl groups is 1. The molecule has 282 valence electrons. The number of nitrogens with zero attached hydrogens (tertiary/aromatic N) is 3. The average molecular weight is 700 g/mol. The van der Waals surface area contributed by atoms with Crippen LogP contribution in [0.1, 0.15) is 106 Å². The van der Waals surface area contributed by atoms with E-state index >= 15 is 0 Å². The van der Waals surface area contributed by atoms with Crippen LogP contribution in [0.15, 0.2) is 36.0 Å². The predicted molar refractivity (Wildman–Crippen MR) is 195 cm³/mol. The van der Waals surface area contributed by atoms with Gasteiger partial charge < -0.3 is 29.1 Å². The molecular weight excluding hydrogens is 634 g/mol. The van der Waals surface area contributed by atoms with Crippen LogP contribution in [0.3, 0.4) is 0 Å². The van der Waals surface area contributed by atoms with Gasteiger partial charge in [0.2, 0.25) is 0 Å². The Morgan fingerprint density at radius 2 is 1.66 bits per heavy atom. The molecular formula is C40H65N3O7. The molecule has 0 aromatic heterocycles. The SMILES string of the molecule is C/C(=C\C=C\[C@@H](C)COC(=O)N1CC[C@@H](C)C1)[C@H]1OC(=O)C[C@H](C)CC[C@@](C)(O)[C@@H](OC(=O)N2CCN(C3CCCCCC3)CC2)/C=C/[C@@H]1C. The van der Waals surface area contributed by atoms with Gasteiger partial charge >= 0.3 is 18.2 Å². The van der Waals surface area contributed by atoms with E-state index in [0.717, 1.165) is 38.2 Å². The summed E-state index contributed by atoms with van der Waals surface area (Å²) < 4.78 is 17.7. The normalized spacial score (nSPS) is 32.8. The van der Waals surface area contributed by atoms with Crippen molar-refractivity contribution in [1.82, 2.24) is 14.7 Å². The zero-order valence-corrected chi connectivity index (χ0v) is 31.7. The molecule has 2 amide bonds. The van der Waals surface area contributed by atoms with E-state index in [2.05, 4.69) is 11.8 Å². The molecule has 1 N–H and O–H groups in total. The Balaban J connectivity index is 1.39. The second-order valence-electron chi connectivity index (χ2n) is 16.0. The van der Waals surface area contributed by atoms with E-state index in [1.807, 2.05) is 52.0 Å². The first-order valence-corrected chi connectivity index (χ1v) is 19.4. The summed E-state index contributed by atoms with van der Waals surface area (Å²) in [5.74, 6) is -0.0216. The molecule has 0 aromatic carbocycles. The van der Waals surface area contributed by atoms with Gasteiger partial charge in [-0.2, -0.15) is 0 Å². The van der Waals surface area contributed by atoms with Gasteiger partial charge in [-0.25, -0.2) is 9.59 Å². The summed E-state index contributed by atoms with van der Waals surface area (Å²) in [5, 5.41) is 11.6. The first-order valence-electron chi connectivity index (χ1n) is 19.4. The minimum atomic E-state index is -1.30. The lowest BCUT2D eigenvalue weighted by molar-refractivity contribution is -0.150. The lowest BCUT2D eigenvalue weighted by Gasteiger charge is -2.40. The number of ether oxygens (including phenoxy) is 3. The zero-order chi connectivity index (χ0) is 36.3. The molecule has 10 heteroatoms. The third-order valence-corrected chi connectivity index (χ3v) is 11.1. The molecule has 1 aliphatic carbocycles. The second kappa shape index (κ2) is 19.1. The predicted octanol–water partition coefficient (Wildman–Crippen LogP) is 7.12. The van der Waals surface area contributed by atoms with Crippen LogP contribution in [0.5, 0.6) is 0 Å². The highest BCUT2D eigenvalue weighted by Gasteiger charge is 2.37. The molecule has 50 heavy (non-hydrogen) atoms. The number of esters is 1. The van der Waals surface area contributed by atoms with E-state index in [1.165, 1.54) is 38.5 Å². The van der Waals surface area contributed by atoms with Crippen molar-refractivity contribution < 1.29 is 33.7 Å². The summed E-state index contributed by atoms with van der Waals surface area (Å²) in [5.41, 5.74) is -0.445. The molecule has 0 unspecified atom stereocenters. The summed E-state index contributed by atoms with van der Waals surface area (Å²) in [7, 11) is 0. The van der Waals surface area contributed by atoms with E-state index in [0.29, 0.717) is 44.5 Å². The van der Waals surface area contributed by atoms with Gasteiger partial charge in [-0.3, -0.25) is 9.69 Å². The molecule has 7 atom stereocenters. The van der Waals surface area contributed by atoms with E-state index in [4.69, 9.17) is 14.2 Å². The molecule has 3 heterocycles. The molecule has 4 rings (SSSR count). The fourth-order valence-corrected chi connectivity index (χ4v) is 7.64. The zero-order valence-electron chi connectivity index (χ0n) is 31.7. The largest absolute Gasteiger partial charge is 0.457 e. The van der Waals surface area contributed by atoms with E-state index in [9.17, 15) is 19.5 Å². The number of likely N-dealkylation sites (tertiary alicyclic amines) is 1. The molecule has 1 saturated carbocycles. The van der Waals surface area contributed by atoms with Crippen molar-refractivity contribution in [3.8, 4) is 0 Å². The van der Waals surface area contributed by atoms with Gasteiger partial charge in [-0.15, -0.1) is 0 Å². The number of rotatable bonds is 7. The van der Waals surface area contributed by atoms with Gasteiger partial charge in [0.25, 0.3) is 0 Å². The maximum Gasteiger partial charge on any atom is 0.410 e. The Labute approximate surface area is 301 Å². The van der Waals surface area contributed by atoms with E-state index in [-0.39, 0.29) is 36.2 Å².